The van der Waals surface area contributed by atoms with E-state index in [0.717, 1.165) is 39.4 Å². The normalized spacial score (nSPS) is 23.1. The van der Waals surface area contributed by atoms with Crippen molar-refractivity contribution in [3.05, 3.63) is 0 Å². The summed E-state index contributed by atoms with van der Waals surface area (Å²) >= 11 is 2.07. The Morgan fingerprint density at radius 1 is 0.450 bits per heavy atom. The second-order valence-electron chi connectivity index (χ2n) is 15.7. The van der Waals surface area contributed by atoms with E-state index < -0.39 is 0 Å². The Bertz CT molecular complexity index is 511. The molecule has 4 rings (SSSR count). The summed E-state index contributed by atoms with van der Waals surface area (Å²) in [6.07, 6.45) is 4.24. The van der Waals surface area contributed by atoms with E-state index in [1.54, 1.807) is 0 Å². The minimum atomic E-state index is 0.323. The molecule has 0 unspecified atom stereocenters. The van der Waals surface area contributed by atoms with E-state index in [9.17, 15) is 0 Å². The molecule has 0 amide bonds. The average Bonchev–Trinajstić information content (AvgIpc) is 2.90. The number of piperidine rings is 1. The number of ether oxygens (including phenoxy) is 1. The first-order valence-corrected chi connectivity index (χ1v) is 17.4. The van der Waals surface area contributed by atoms with Gasteiger partial charge < -0.3 is 10.1 Å². The molecule has 4 fully saturated rings. The maximum Gasteiger partial charge on any atom is 0.0594 e. The zero-order valence-electron chi connectivity index (χ0n) is 29.1. The third-order valence-corrected chi connectivity index (χ3v) is 9.23. The van der Waals surface area contributed by atoms with Crippen molar-refractivity contribution in [2.45, 2.75) is 125 Å². The minimum absolute atomic E-state index is 0.323. The first-order valence-electron chi connectivity index (χ1n) is 16.3. The second kappa shape index (κ2) is 18.0. The average molecular weight is 586 g/mol. The molecule has 0 aromatic carbocycles. The molecule has 0 bridgehead atoms. The van der Waals surface area contributed by atoms with Gasteiger partial charge in [-0.3, -0.25) is 19.6 Å². The molecule has 240 valence electrons. The second-order valence-corrected chi connectivity index (χ2v) is 16.9. The quantitative estimate of drug-likeness (QED) is 0.378. The predicted molar refractivity (Wildman–Crippen MR) is 180 cm³/mol. The third kappa shape index (κ3) is 16.7. The van der Waals surface area contributed by atoms with Crippen LogP contribution in [0.15, 0.2) is 0 Å². The maximum atomic E-state index is 5.25. The number of rotatable bonds is 0. The summed E-state index contributed by atoms with van der Waals surface area (Å²) in [6, 6.07) is 0. The highest BCUT2D eigenvalue weighted by molar-refractivity contribution is 7.99. The fraction of sp³-hybridized carbons (Fsp3) is 1.00. The van der Waals surface area contributed by atoms with Gasteiger partial charge in [-0.2, -0.15) is 11.8 Å². The molecule has 0 saturated carbocycles. The van der Waals surface area contributed by atoms with Crippen LogP contribution in [0.25, 0.3) is 0 Å². The number of nitrogens with zero attached hydrogens (tertiary/aromatic N) is 4. The van der Waals surface area contributed by atoms with Crippen LogP contribution in [0.5, 0.6) is 0 Å². The van der Waals surface area contributed by atoms with Gasteiger partial charge in [0.2, 0.25) is 0 Å². The molecule has 0 aromatic rings. The largest absolute Gasteiger partial charge is 0.379 e. The summed E-state index contributed by atoms with van der Waals surface area (Å²) < 4.78 is 5.25. The van der Waals surface area contributed by atoms with Gasteiger partial charge in [0.25, 0.3) is 0 Å². The molecule has 0 aliphatic carbocycles. The van der Waals surface area contributed by atoms with Crippen LogP contribution in [0.4, 0.5) is 0 Å². The van der Waals surface area contributed by atoms with Crippen LogP contribution in [0.3, 0.4) is 0 Å². The van der Waals surface area contributed by atoms with Crippen LogP contribution < -0.4 is 5.32 Å². The van der Waals surface area contributed by atoms with E-state index in [1.165, 1.54) is 70.0 Å². The molecule has 7 heteroatoms. The number of thioether (sulfide) groups is 1. The molecule has 4 aliphatic heterocycles. The molecular formula is C33H71N5OS. The van der Waals surface area contributed by atoms with Crippen molar-refractivity contribution in [3.63, 3.8) is 0 Å². The summed E-state index contributed by atoms with van der Waals surface area (Å²) in [5, 5.41) is 3.35. The highest BCUT2D eigenvalue weighted by Gasteiger charge is 2.24. The zero-order chi connectivity index (χ0) is 30.5. The number of nitrogens with one attached hydrogen (secondary N) is 1. The lowest BCUT2D eigenvalue weighted by Crippen LogP contribution is -2.51. The Kier molecular flexibility index (Phi) is 17.2. The van der Waals surface area contributed by atoms with Crippen molar-refractivity contribution in [1.29, 1.82) is 0 Å². The van der Waals surface area contributed by atoms with E-state index in [4.69, 9.17) is 4.74 Å². The van der Waals surface area contributed by atoms with Gasteiger partial charge in [-0.15, -0.1) is 0 Å². The Labute approximate surface area is 255 Å². The van der Waals surface area contributed by atoms with Crippen molar-refractivity contribution in [3.8, 4) is 0 Å². The Morgan fingerprint density at radius 3 is 1.10 bits per heavy atom. The van der Waals surface area contributed by atoms with E-state index in [0.29, 0.717) is 22.2 Å². The van der Waals surface area contributed by atoms with Gasteiger partial charge in [-0.1, -0.05) is 6.42 Å². The van der Waals surface area contributed by atoms with Crippen molar-refractivity contribution < 1.29 is 4.74 Å². The highest BCUT2D eigenvalue weighted by atomic mass is 32.2. The van der Waals surface area contributed by atoms with Crippen LogP contribution in [-0.2, 0) is 4.74 Å². The van der Waals surface area contributed by atoms with Gasteiger partial charge in [0, 0.05) is 86.0 Å². The Morgan fingerprint density at radius 2 is 0.800 bits per heavy atom. The van der Waals surface area contributed by atoms with E-state index in [1.807, 2.05) is 0 Å². The highest BCUT2D eigenvalue weighted by Crippen LogP contribution is 2.20. The summed E-state index contributed by atoms with van der Waals surface area (Å²) in [4.78, 5) is 10.1. The van der Waals surface area contributed by atoms with Gasteiger partial charge in [0.05, 0.1) is 13.2 Å². The number of likely N-dealkylation sites (tertiary alicyclic amines) is 1. The summed E-state index contributed by atoms with van der Waals surface area (Å²) in [7, 11) is 0. The number of hydrogen-bond donors (Lipinski definition) is 1. The summed E-state index contributed by atoms with van der Waals surface area (Å²) in [6.45, 7) is 41.2. The van der Waals surface area contributed by atoms with Gasteiger partial charge in [0.15, 0.2) is 0 Å². The first kappa shape index (κ1) is 38.1. The van der Waals surface area contributed by atoms with Crippen molar-refractivity contribution in [2.24, 2.45) is 0 Å². The smallest absolute Gasteiger partial charge is 0.0594 e. The van der Waals surface area contributed by atoms with Crippen molar-refractivity contribution in [1.82, 2.24) is 24.9 Å². The van der Waals surface area contributed by atoms with Crippen LogP contribution in [0.1, 0.15) is 102 Å². The van der Waals surface area contributed by atoms with Crippen LogP contribution in [-0.4, -0.2) is 132 Å². The fourth-order valence-corrected chi connectivity index (χ4v) is 6.27. The van der Waals surface area contributed by atoms with E-state index >= 15 is 0 Å². The molecule has 0 atom stereocenters. The zero-order valence-corrected chi connectivity index (χ0v) is 29.9. The number of morpholine rings is 1. The molecule has 0 aromatic heterocycles. The molecule has 0 radical (unpaired) electrons. The maximum absolute atomic E-state index is 5.25. The van der Waals surface area contributed by atoms with Crippen molar-refractivity contribution >= 4 is 11.8 Å². The van der Waals surface area contributed by atoms with Gasteiger partial charge in [-0.05, 0) is 109 Å². The molecule has 0 spiro atoms. The lowest BCUT2D eigenvalue weighted by Gasteiger charge is -2.38. The monoisotopic (exact) mass is 586 g/mol. The van der Waals surface area contributed by atoms with Gasteiger partial charge in [-0.25, -0.2) is 0 Å². The van der Waals surface area contributed by atoms with Crippen LogP contribution in [0.2, 0.25) is 0 Å². The van der Waals surface area contributed by atoms with Gasteiger partial charge >= 0.3 is 0 Å². The molecule has 4 aliphatic rings. The molecular weight excluding hydrogens is 514 g/mol. The summed E-state index contributed by atoms with van der Waals surface area (Å²) in [5.74, 6) is 2.63. The SMILES string of the molecule is CC(C)(C)N1CCCCC1.CC(C)(C)N1CCNCC1.CC(C)(C)N1CCOCC1.CC(C)(C)N1CCSCC1. The van der Waals surface area contributed by atoms with Crippen LogP contribution in [0, 0.1) is 0 Å². The Hall–Kier alpha value is 0.110. The number of piperazine rings is 1. The molecule has 4 saturated heterocycles. The van der Waals surface area contributed by atoms with Crippen LogP contribution >= 0.6 is 11.8 Å². The Balaban J connectivity index is 0.000000267. The van der Waals surface area contributed by atoms with Crippen molar-refractivity contribution in [2.75, 3.05) is 90.2 Å². The predicted octanol–water partition coefficient (Wildman–Crippen LogP) is 5.91. The third-order valence-electron chi connectivity index (χ3n) is 8.29. The summed E-state index contributed by atoms with van der Waals surface area (Å²) in [5.41, 5.74) is 1.48. The lowest BCUT2D eigenvalue weighted by molar-refractivity contribution is -0.00389. The standard InChI is InChI=1S/C9H19N.C8H18N2.C8H17NO.C8H17NS/c1-9(2,3)10-7-5-4-6-8-10;1-8(2,3)10-6-4-9-5-7-10;2*1-8(2,3)9-4-6-10-7-5-9/h4-8H2,1-3H3;9H,4-7H2,1-3H3;2*4-7H2,1-3H3. The minimum Gasteiger partial charge on any atom is -0.379 e. The number of hydrogen-bond acceptors (Lipinski definition) is 7. The van der Waals surface area contributed by atoms with E-state index in [-0.39, 0.29) is 0 Å². The molecule has 6 nitrogen and oxygen atoms in total. The van der Waals surface area contributed by atoms with Gasteiger partial charge in [0.1, 0.15) is 0 Å². The fourth-order valence-electron chi connectivity index (χ4n) is 5.37. The molecule has 4 heterocycles. The topological polar surface area (TPSA) is 34.2 Å². The lowest BCUT2D eigenvalue weighted by atomic mass is 10.0. The molecule has 1 N–H and O–H groups in total. The first-order chi connectivity index (χ1) is 18.4. The molecule has 40 heavy (non-hydrogen) atoms. The van der Waals surface area contributed by atoms with E-state index in [2.05, 4.69) is 120 Å².